The Morgan fingerprint density at radius 2 is 1.80 bits per heavy atom. The molecule has 2 aromatic rings. The van der Waals surface area contributed by atoms with Crippen molar-refractivity contribution in [2.75, 3.05) is 12.4 Å². The summed E-state index contributed by atoms with van der Waals surface area (Å²) in [5.41, 5.74) is 3.14. The lowest BCUT2D eigenvalue weighted by atomic mass is 10.1. The number of hydrogen-bond donors (Lipinski definition) is 2. The zero-order valence-electron chi connectivity index (χ0n) is 11.6. The summed E-state index contributed by atoms with van der Waals surface area (Å²) < 4.78 is 25.8. The van der Waals surface area contributed by atoms with Crippen LogP contribution in [-0.4, -0.2) is 15.5 Å². The third-order valence-corrected chi connectivity index (χ3v) is 4.40. The van der Waals surface area contributed by atoms with Crippen LogP contribution < -0.4 is 10.0 Å². The van der Waals surface area contributed by atoms with Gasteiger partial charge in [0.15, 0.2) is 0 Å². The Kier molecular flexibility index (Phi) is 4.42. The molecule has 0 fully saturated rings. The molecule has 5 heteroatoms. The van der Waals surface area contributed by atoms with E-state index in [9.17, 15) is 8.42 Å². The van der Waals surface area contributed by atoms with Gasteiger partial charge in [-0.3, -0.25) is 0 Å². The van der Waals surface area contributed by atoms with Gasteiger partial charge >= 0.3 is 0 Å². The Labute approximate surface area is 119 Å². The van der Waals surface area contributed by atoms with Gasteiger partial charge in [0, 0.05) is 12.2 Å². The lowest BCUT2D eigenvalue weighted by Crippen LogP contribution is -2.18. The van der Waals surface area contributed by atoms with Crippen molar-refractivity contribution < 1.29 is 8.42 Å². The van der Waals surface area contributed by atoms with Crippen LogP contribution in [0.2, 0.25) is 0 Å². The summed E-state index contributed by atoms with van der Waals surface area (Å²) in [7, 11) is -2.00. The van der Waals surface area contributed by atoms with Gasteiger partial charge in [0.25, 0.3) is 0 Å². The number of sulfonamides is 1. The quantitative estimate of drug-likeness (QED) is 0.889. The van der Waals surface area contributed by atoms with E-state index in [1.807, 2.05) is 31.2 Å². The van der Waals surface area contributed by atoms with Crippen LogP contribution in [0.5, 0.6) is 0 Å². The molecular formula is C15H18N2O2S. The highest BCUT2D eigenvalue weighted by atomic mass is 32.2. The van der Waals surface area contributed by atoms with Crippen LogP contribution in [0.1, 0.15) is 11.1 Å². The Balaban J connectivity index is 2.13. The fourth-order valence-corrected chi connectivity index (χ4v) is 2.69. The molecule has 0 amide bonds. The second kappa shape index (κ2) is 6.07. The van der Waals surface area contributed by atoms with Gasteiger partial charge in [-0.05, 0) is 37.7 Å². The van der Waals surface area contributed by atoms with Crippen LogP contribution in [0.15, 0.2) is 53.4 Å². The zero-order valence-corrected chi connectivity index (χ0v) is 12.4. The maximum absolute atomic E-state index is 11.7. The first kappa shape index (κ1) is 14.6. The zero-order chi connectivity index (χ0) is 14.6. The molecule has 2 aromatic carbocycles. The van der Waals surface area contributed by atoms with Crippen molar-refractivity contribution in [2.45, 2.75) is 18.4 Å². The van der Waals surface area contributed by atoms with Crippen LogP contribution in [0.4, 0.5) is 5.69 Å². The van der Waals surface area contributed by atoms with Crippen LogP contribution in [0.25, 0.3) is 0 Å². The lowest BCUT2D eigenvalue weighted by molar-refractivity contribution is 0.588. The Bertz CT molecular complexity index is 697. The van der Waals surface area contributed by atoms with Gasteiger partial charge in [-0.1, -0.05) is 35.9 Å². The molecule has 2 N–H and O–H groups in total. The minimum Gasteiger partial charge on any atom is -0.381 e. The van der Waals surface area contributed by atoms with Gasteiger partial charge in [-0.25, -0.2) is 13.1 Å². The van der Waals surface area contributed by atoms with Gasteiger partial charge < -0.3 is 5.32 Å². The fraction of sp³-hybridized carbons (Fsp3) is 0.200. The highest BCUT2D eigenvalue weighted by molar-refractivity contribution is 7.89. The maximum atomic E-state index is 11.7. The second-order valence-electron chi connectivity index (χ2n) is 4.58. The summed E-state index contributed by atoms with van der Waals surface area (Å²) >= 11 is 0. The number of anilines is 1. The van der Waals surface area contributed by atoms with Gasteiger partial charge in [-0.15, -0.1) is 0 Å². The van der Waals surface area contributed by atoms with Gasteiger partial charge in [-0.2, -0.15) is 0 Å². The number of rotatable bonds is 5. The summed E-state index contributed by atoms with van der Waals surface area (Å²) in [6, 6.07) is 15.0. The second-order valence-corrected chi connectivity index (χ2v) is 6.46. The van der Waals surface area contributed by atoms with Crippen molar-refractivity contribution in [3.8, 4) is 0 Å². The van der Waals surface area contributed by atoms with E-state index in [4.69, 9.17) is 0 Å². The monoisotopic (exact) mass is 290 g/mol. The highest BCUT2D eigenvalue weighted by Gasteiger charge is 2.11. The smallest absolute Gasteiger partial charge is 0.240 e. The molecule has 0 saturated carbocycles. The molecule has 0 saturated heterocycles. The van der Waals surface area contributed by atoms with Crippen molar-refractivity contribution in [3.63, 3.8) is 0 Å². The summed E-state index contributed by atoms with van der Waals surface area (Å²) in [5, 5.41) is 3.23. The number of nitrogens with one attached hydrogen (secondary N) is 2. The number of hydrogen-bond acceptors (Lipinski definition) is 3. The lowest BCUT2D eigenvalue weighted by Gasteiger charge is -2.09. The molecule has 0 atom stereocenters. The van der Waals surface area contributed by atoms with Crippen LogP contribution in [0, 0.1) is 6.92 Å². The molecule has 0 heterocycles. The van der Waals surface area contributed by atoms with E-state index in [0.717, 1.165) is 11.3 Å². The van der Waals surface area contributed by atoms with Gasteiger partial charge in [0.2, 0.25) is 10.0 Å². The van der Waals surface area contributed by atoms with E-state index in [2.05, 4.69) is 16.1 Å². The molecule has 0 aliphatic carbocycles. The molecule has 20 heavy (non-hydrogen) atoms. The first-order chi connectivity index (χ1) is 9.51. The molecular weight excluding hydrogens is 272 g/mol. The van der Waals surface area contributed by atoms with Gasteiger partial charge in [0.05, 0.1) is 4.90 Å². The Morgan fingerprint density at radius 3 is 2.50 bits per heavy atom. The molecule has 0 spiro atoms. The highest BCUT2D eigenvalue weighted by Crippen LogP contribution is 2.16. The Morgan fingerprint density at radius 1 is 1.05 bits per heavy atom. The molecule has 0 radical (unpaired) electrons. The Hall–Kier alpha value is -1.85. The number of benzene rings is 2. The normalized spacial score (nSPS) is 11.3. The van der Waals surface area contributed by atoms with Crippen molar-refractivity contribution in [1.82, 2.24) is 4.72 Å². The molecule has 4 nitrogen and oxygen atoms in total. The van der Waals surface area contributed by atoms with Crippen molar-refractivity contribution in [1.29, 1.82) is 0 Å². The van der Waals surface area contributed by atoms with Crippen molar-refractivity contribution in [3.05, 3.63) is 59.7 Å². The summed E-state index contributed by atoms with van der Waals surface area (Å²) in [4.78, 5) is 0.259. The molecule has 106 valence electrons. The van der Waals surface area contributed by atoms with Crippen molar-refractivity contribution in [2.24, 2.45) is 0 Å². The molecule has 0 aliphatic heterocycles. The maximum Gasteiger partial charge on any atom is 0.240 e. The number of aryl methyl sites for hydroxylation is 1. The first-order valence-corrected chi connectivity index (χ1v) is 7.82. The summed E-state index contributed by atoms with van der Waals surface area (Å²) in [6.07, 6.45) is 0. The van der Waals surface area contributed by atoms with E-state index < -0.39 is 10.0 Å². The molecule has 0 unspecified atom stereocenters. The van der Waals surface area contributed by atoms with E-state index in [-0.39, 0.29) is 4.90 Å². The topological polar surface area (TPSA) is 58.2 Å². The van der Waals surface area contributed by atoms with Gasteiger partial charge in [0.1, 0.15) is 0 Å². The predicted octanol–water partition coefficient (Wildman–Crippen LogP) is 2.52. The van der Waals surface area contributed by atoms with E-state index in [1.54, 1.807) is 18.2 Å². The third kappa shape index (κ3) is 3.59. The molecule has 0 aliphatic rings. The average Bonchev–Trinajstić information content (AvgIpc) is 2.45. The van der Waals surface area contributed by atoms with E-state index >= 15 is 0 Å². The first-order valence-electron chi connectivity index (χ1n) is 6.34. The SMILES string of the molecule is CNS(=O)(=O)c1cccc(NCc2cccc(C)c2)c1. The summed E-state index contributed by atoms with van der Waals surface area (Å²) in [6.45, 7) is 2.70. The molecule has 2 rings (SSSR count). The third-order valence-electron chi connectivity index (χ3n) is 2.99. The largest absolute Gasteiger partial charge is 0.381 e. The van der Waals surface area contributed by atoms with Crippen molar-refractivity contribution >= 4 is 15.7 Å². The van der Waals surface area contributed by atoms with E-state index in [1.165, 1.54) is 12.6 Å². The van der Waals surface area contributed by atoms with Crippen LogP contribution in [-0.2, 0) is 16.6 Å². The molecule has 0 bridgehead atoms. The van der Waals surface area contributed by atoms with E-state index in [0.29, 0.717) is 6.54 Å². The van der Waals surface area contributed by atoms with Crippen LogP contribution in [0.3, 0.4) is 0 Å². The fourth-order valence-electron chi connectivity index (χ4n) is 1.92. The minimum atomic E-state index is -3.40. The summed E-state index contributed by atoms with van der Waals surface area (Å²) in [5.74, 6) is 0. The predicted molar refractivity (Wildman–Crippen MR) is 81.2 cm³/mol. The standard InChI is InChI=1S/C15H18N2O2S/c1-12-5-3-6-13(9-12)11-17-14-7-4-8-15(10-14)20(18,19)16-2/h3-10,16-17H,11H2,1-2H3. The molecule has 0 aromatic heterocycles. The minimum absolute atomic E-state index is 0.259. The van der Waals surface area contributed by atoms with Crippen LogP contribution >= 0.6 is 0 Å². The average molecular weight is 290 g/mol.